The van der Waals surface area contributed by atoms with Crippen LogP contribution in [0, 0.1) is 0 Å². The zero-order chi connectivity index (χ0) is 22.7. The maximum absolute atomic E-state index is 13.8. The maximum atomic E-state index is 13.8. The summed E-state index contributed by atoms with van der Waals surface area (Å²) in [5.74, 6) is 0. The Hall–Kier alpha value is -3.82. The van der Waals surface area contributed by atoms with Crippen molar-refractivity contribution in [3.63, 3.8) is 0 Å². The lowest BCUT2D eigenvalue weighted by Gasteiger charge is -2.08. The van der Waals surface area contributed by atoms with Gasteiger partial charge in [-0.1, -0.05) is 0 Å². The standard InChI is InChI=1S/C22H12F6N4/c23-21(24,25)19-15-5-1-11(29-15)9-12-2-6-17(30-12)20(22(26,27)28)18-8-4-14(32-18)10-13-3-7-16(19)31-13/h1-10,29,31H. The molecule has 3 aromatic heterocycles. The Morgan fingerprint density at radius 3 is 1.41 bits per heavy atom. The summed E-state index contributed by atoms with van der Waals surface area (Å²) in [5, 5.41) is 0. The Morgan fingerprint density at radius 1 is 0.562 bits per heavy atom. The van der Waals surface area contributed by atoms with Gasteiger partial charge in [-0.05, 0) is 60.7 Å². The van der Waals surface area contributed by atoms with Gasteiger partial charge in [-0.15, -0.1) is 0 Å². The number of nitrogens with zero attached hydrogens (tertiary/aromatic N) is 2. The van der Waals surface area contributed by atoms with E-state index in [-0.39, 0.29) is 44.8 Å². The second-order valence-electron chi connectivity index (χ2n) is 7.20. The molecule has 2 aliphatic rings. The third kappa shape index (κ3) is 3.57. The van der Waals surface area contributed by atoms with Gasteiger partial charge in [-0.25, -0.2) is 9.97 Å². The predicted octanol–water partition coefficient (Wildman–Crippen LogP) is 6.69. The molecule has 0 saturated carbocycles. The van der Waals surface area contributed by atoms with E-state index in [1.807, 2.05) is 0 Å². The molecule has 4 nitrogen and oxygen atoms in total. The van der Waals surface area contributed by atoms with E-state index in [1.165, 1.54) is 60.7 Å². The molecule has 32 heavy (non-hydrogen) atoms. The minimum atomic E-state index is -4.71. The van der Waals surface area contributed by atoms with E-state index >= 15 is 0 Å². The van der Waals surface area contributed by atoms with Crippen molar-refractivity contribution >= 4 is 46.4 Å². The topological polar surface area (TPSA) is 57.4 Å². The number of aromatic nitrogens is 4. The molecule has 0 saturated heterocycles. The zero-order valence-electron chi connectivity index (χ0n) is 15.9. The van der Waals surface area contributed by atoms with E-state index in [9.17, 15) is 26.3 Å². The molecule has 0 aliphatic carbocycles. The van der Waals surface area contributed by atoms with Gasteiger partial charge >= 0.3 is 12.4 Å². The molecule has 162 valence electrons. The third-order valence-electron chi connectivity index (χ3n) is 4.96. The number of hydrogen-bond donors (Lipinski definition) is 2. The van der Waals surface area contributed by atoms with Gasteiger partial charge in [0.2, 0.25) is 0 Å². The number of rotatable bonds is 0. The predicted molar refractivity (Wildman–Crippen MR) is 109 cm³/mol. The highest BCUT2D eigenvalue weighted by Gasteiger charge is 2.37. The number of nitrogens with one attached hydrogen (secondary N) is 2. The summed E-state index contributed by atoms with van der Waals surface area (Å²) in [6.07, 6.45) is -4.23. The van der Waals surface area contributed by atoms with Crippen molar-refractivity contribution in [2.75, 3.05) is 0 Å². The van der Waals surface area contributed by atoms with Crippen LogP contribution in [0.1, 0.15) is 33.9 Å². The summed E-state index contributed by atoms with van der Waals surface area (Å²) in [4.78, 5) is 13.4. The molecular formula is C22H12F6N4. The molecule has 5 heterocycles. The van der Waals surface area contributed by atoms with Gasteiger partial charge in [0, 0.05) is 11.0 Å². The first-order chi connectivity index (χ1) is 15.1. The summed E-state index contributed by atoms with van der Waals surface area (Å²) in [6.45, 7) is 0. The molecule has 2 aliphatic heterocycles. The monoisotopic (exact) mass is 446 g/mol. The molecule has 10 heteroatoms. The summed E-state index contributed by atoms with van der Waals surface area (Å²) in [6, 6.07) is 8.08. The first-order valence-corrected chi connectivity index (χ1v) is 9.33. The number of alkyl halides is 6. The summed E-state index contributed by atoms with van der Waals surface area (Å²) < 4.78 is 83.0. The largest absolute Gasteiger partial charge is 0.420 e. The zero-order valence-corrected chi connectivity index (χ0v) is 15.9. The molecule has 0 atom stereocenters. The lowest BCUT2D eigenvalue weighted by molar-refractivity contribution is -0.138. The average Bonchev–Trinajstić information content (AvgIpc) is 3.44. The highest BCUT2D eigenvalue weighted by molar-refractivity contribution is 5.81. The van der Waals surface area contributed by atoms with E-state index in [4.69, 9.17) is 0 Å². The summed E-state index contributed by atoms with van der Waals surface area (Å²) in [7, 11) is 0. The van der Waals surface area contributed by atoms with Crippen LogP contribution in [0.15, 0.2) is 36.4 Å². The minimum Gasteiger partial charge on any atom is -0.355 e. The van der Waals surface area contributed by atoms with Crippen LogP contribution < -0.4 is 0 Å². The van der Waals surface area contributed by atoms with Gasteiger partial charge < -0.3 is 9.97 Å². The number of aromatic amines is 2. The lowest BCUT2D eigenvalue weighted by Crippen LogP contribution is -2.10. The van der Waals surface area contributed by atoms with Crippen molar-refractivity contribution in [1.29, 1.82) is 0 Å². The Kier molecular flexibility index (Phi) is 4.30. The molecule has 0 spiro atoms. The number of fused-ring (bicyclic) bond motifs is 8. The van der Waals surface area contributed by atoms with Gasteiger partial charge in [-0.2, -0.15) is 26.3 Å². The Balaban J connectivity index is 1.93. The van der Waals surface area contributed by atoms with Gasteiger partial charge in [-0.3, -0.25) is 0 Å². The molecule has 3 aromatic rings. The number of H-pyrrole nitrogens is 2. The van der Waals surface area contributed by atoms with Crippen LogP contribution in [0.4, 0.5) is 26.3 Å². The van der Waals surface area contributed by atoms with E-state index in [1.54, 1.807) is 0 Å². The van der Waals surface area contributed by atoms with Crippen LogP contribution in [0.3, 0.4) is 0 Å². The van der Waals surface area contributed by atoms with E-state index in [0.29, 0.717) is 0 Å². The fraction of sp³-hybridized carbons (Fsp3) is 0.0909. The second kappa shape index (κ2) is 6.84. The normalized spacial score (nSPS) is 13.7. The van der Waals surface area contributed by atoms with E-state index < -0.39 is 23.5 Å². The first-order valence-electron chi connectivity index (χ1n) is 9.33. The fourth-order valence-corrected chi connectivity index (χ4v) is 3.67. The molecule has 0 radical (unpaired) electrons. The van der Waals surface area contributed by atoms with Crippen LogP contribution in [-0.2, 0) is 12.4 Å². The highest BCUT2D eigenvalue weighted by atomic mass is 19.4. The maximum Gasteiger partial charge on any atom is 0.420 e. The molecule has 0 unspecified atom stereocenters. The SMILES string of the molecule is FC(F)(F)c1c2nc(cc3ccc([nH]3)c(C(F)(F)F)c3ccc(cc4nc1C=C4)[nH]3)C=C2. The van der Waals surface area contributed by atoms with Gasteiger partial charge in [0.1, 0.15) is 11.1 Å². The molecule has 5 rings (SSSR count). The minimum absolute atomic E-state index is 0.163. The highest BCUT2D eigenvalue weighted by Crippen LogP contribution is 2.37. The van der Waals surface area contributed by atoms with Crippen LogP contribution in [0.5, 0.6) is 0 Å². The first kappa shape index (κ1) is 20.1. The smallest absolute Gasteiger partial charge is 0.355 e. The lowest BCUT2D eigenvalue weighted by atomic mass is 10.1. The van der Waals surface area contributed by atoms with E-state index in [0.717, 1.165) is 0 Å². The van der Waals surface area contributed by atoms with Crippen molar-refractivity contribution in [2.24, 2.45) is 0 Å². The van der Waals surface area contributed by atoms with Gasteiger partial charge in [0.25, 0.3) is 0 Å². The van der Waals surface area contributed by atoms with Crippen molar-refractivity contribution in [2.45, 2.75) is 12.4 Å². The molecule has 0 amide bonds. The molecule has 0 fully saturated rings. The van der Waals surface area contributed by atoms with Crippen molar-refractivity contribution in [3.8, 4) is 0 Å². The van der Waals surface area contributed by atoms with Gasteiger partial charge in [0.05, 0.1) is 33.8 Å². The van der Waals surface area contributed by atoms with Crippen molar-refractivity contribution < 1.29 is 26.3 Å². The average molecular weight is 446 g/mol. The van der Waals surface area contributed by atoms with Crippen LogP contribution in [-0.4, -0.2) is 19.9 Å². The molecule has 2 N–H and O–H groups in total. The second-order valence-corrected chi connectivity index (χ2v) is 7.20. The molecule has 8 bridgehead atoms. The Bertz CT molecular complexity index is 1360. The summed E-state index contributed by atoms with van der Waals surface area (Å²) >= 11 is 0. The quantitative estimate of drug-likeness (QED) is 0.260. The fourth-order valence-electron chi connectivity index (χ4n) is 3.67. The molecule has 0 aromatic carbocycles. The van der Waals surface area contributed by atoms with Crippen LogP contribution >= 0.6 is 0 Å². The van der Waals surface area contributed by atoms with Gasteiger partial charge in [0.15, 0.2) is 0 Å². The summed E-state index contributed by atoms with van der Waals surface area (Å²) in [5.41, 5.74) is -2.06. The van der Waals surface area contributed by atoms with Crippen molar-refractivity contribution in [1.82, 2.24) is 19.9 Å². The number of halogens is 6. The Labute approximate surface area is 176 Å². The van der Waals surface area contributed by atoms with Crippen molar-refractivity contribution in [3.05, 3.63) is 70.3 Å². The van der Waals surface area contributed by atoms with Crippen LogP contribution in [0.2, 0.25) is 0 Å². The van der Waals surface area contributed by atoms with Crippen LogP contribution in [0.25, 0.3) is 46.4 Å². The third-order valence-corrected chi connectivity index (χ3v) is 4.96. The number of hydrogen-bond acceptors (Lipinski definition) is 2. The molecular weight excluding hydrogens is 434 g/mol. The Morgan fingerprint density at radius 2 is 1.00 bits per heavy atom. The van der Waals surface area contributed by atoms with E-state index in [2.05, 4.69) is 19.9 Å².